The third-order valence-electron chi connectivity index (χ3n) is 3.55. The molecule has 3 N–H and O–H groups in total. The molecule has 0 saturated heterocycles. The highest BCUT2D eigenvalue weighted by atomic mass is 16.5. The Morgan fingerprint density at radius 1 is 0.842 bits per heavy atom. The molecule has 0 aliphatic rings. The van der Waals surface area contributed by atoms with Gasteiger partial charge in [-0.3, -0.25) is 4.79 Å². The fourth-order valence-corrected chi connectivity index (χ4v) is 2.25. The largest absolute Gasteiger partial charge is 0.481 e. The first-order chi connectivity index (χ1) is 9.09. The van der Waals surface area contributed by atoms with E-state index in [2.05, 4.69) is 6.92 Å². The standard InChI is InChI=1S/C15H30O4/c1-2-3-4-5-6-7-8-9-10-11-12-13(14(16)17)15(18)19/h13-14,16-17H,2-12H2,1H3,(H,18,19). The highest BCUT2D eigenvalue weighted by Gasteiger charge is 2.23. The Labute approximate surface area is 116 Å². The molecule has 1 unspecified atom stereocenters. The summed E-state index contributed by atoms with van der Waals surface area (Å²) < 4.78 is 0. The number of carboxylic acid groups (broad SMARTS) is 1. The van der Waals surface area contributed by atoms with Crippen LogP contribution in [0, 0.1) is 5.92 Å². The number of rotatable bonds is 13. The van der Waals surface area contributed by atoms with Crippen molar-refractivity contribution in [3.05, 3.63) is 0 Å². The molecule has 0 radical (unpaired) electrons. The number of carbonyl (C=O) groups is 1. The summed E-state index contributed by atoms with van der Waals surface area (Å²) in [7, 11) is 0. The first kappa shape index (κ1) is 18.4. The lowest BCUT2D eigenvalue weighted by Gasteiger charge is -2.13. The predicted molar refractivity (Wildman–Crippen MR) is 75.8 cm³/mol. The summed E-state index contributed by atoms with van der Waals surface area (Å²) in [6.07, 6.45) is 10.5. The summed E-state index contributed by atoms with van der Waals surface area (Å²) >= 11 is 0. The van der Waals surface area contributed by atoms with Gasteiger partial charge in [0.2, 0.25) is 0 Å². The summed E-state index contributed by atoms with van der Waals surface area (Å²) in [4.78, 5) is 10.7. The number of hydrogen-bond donors (Lipinski definition) is 3. The van der Waals surface area contributed by atoms with Crippen molar-refractivity contribution in [3.63, 3.8) is 0 Å². The van der Waals surface area contributed by atoms with Crippen LogP contribution in [-0.2, 0) is 4.79 Å². The lowest BCUT2D eigenvalue weighted by molar-refractivity contribution is -0.159. The van der Waals surface area contributed by atoms with Crippen molar-refractivity contribution in [1.29, 1.82) is 0 Å². The van der Waals surface area contributed by atoms with Crippen molar-refractivity contribution < 1.29 is 20.1 Å². The maximum atomic E-state index is 10.7. The van der Waals surface area contributed by atoms with Crippen LogP contribution in [0.3, 0.4) is 0 Å². The van der Waals surface area contributed by atoms with E-state index < -0.39 is 18.2 Å². The fourth-order valence-electron chi connectivity index (χ4n) is 2.25. The van der Waals surface area contributed by atoms with E-state index in [4.69, 9.17) is 15.3 Å². The molecule has 0 aliphatic carbocycles. The Kier molecular flexibility index (Phi) is 12.0. The highest BCUT2D eigenvalue weighted by molar-refractivity contribution is 5.70. The lowest BCUT2D eigenvalue weighted by atomic mass is 9.99. The summed E-state index contributed by atoms with van der Waals surface area (Å²) in [5, 5.41) is 26.6. The van der Waals surface area contributed by atoms with Crippen molar-refractivity contribution in [1.82, 2.24) is 0 Å². The molecule has 0 aromatic heterocycles. The highest BCUT2D eigenvalue weighted by Crippen LogP contribution is 2.15. The molecule has 0 rings (SSSR count). The smallest absolute Gasteiger partial charge is 0.311 e. The SMILES string of the molecule is CCCCCCCCCCCCC(C(=O)O)C(O)O. The fraction of sp³-hybridized carbons (Fsp3) is 0.933. The first-order valence-corrected chi connectivity index (χ1v) is 7.68. The monoisotopic (exact) mass is 274 g/mol. The second kappa shape index (κ2) is 12.4. The van der Waals surface area contributed by atoms with E-state index in [0.29, 0.717) is 6.42 Å². The van der Waals surface area contributed by atoms with Crippen molar-refractivity contribution in [2.75, 3.05) is 0 Å². The van der Waals surface area contributed by atoms with E-state index in [1.807, 2.05) is 0 Å². The van der Waals surface area contributed by atoms with Crippen LogP contribution in [0.2, 0.25) is 0 Å². The minimum absolute atomic E-state index is 0.351. The first-order valence-electron chi connectivity index (χ1n) is 7.68. The third-order valence-corrected chi connectivity index (χ3v) is 3.55. The number of hydrogen-bond acceptors (Lipinski definition) is 3. The van der Waals surface area contributed by atoms with Crippen molar-refractivity contribution in [2.24, 2.45) is 5.92 Å². The number of aliphatic carboxylic acids is 1. The molecule has 1 atom stereocenters. The zero-order valence-electron chi connectivity index (χ0n) is 12.2. The van der Waals surface area contributed by atoms with Crippen LogP contribution in [0.4, 0.5) is 0 Å². The summed E-state index contributed by atoms with van der Waals surface area (Å²) in [5.74, 6) is -2.15. The number of aliphatic hydroxyl groups is 2. The van der Waals surface area contributed by atoms with E-state index in [1.165, 1.54) is 44.9 Å². The summed E-state index contributed by atoms with van der Waals surface area (Å²) in [6, 6.07) is 0. The molecule has 114 valence electrons. The molecule has 0 bridgehead atoms. The average Bonchev–Trinajstić information content (AvgIpc) is 2.35. The second-order valence-corrected chi connectivity index (χ2v) is 5.33. The van der Waals surface area contributed by atoms with Gasteiger partial charge in [-0.2, -0.15) is 0 Å². The van der Waals surface area contributed by atoms with Gasteiger partial charge in [0.15, 0.2) is 6.29 Å². The minimum atomic E-state index is -1.74. The van der Waals surface area contributed by atoms with E-state index in [9.17, 15) is 4.79 Å². The Balaban J connectivity index is 3.32. The molecule has 0 saturated carbocycles. The molecular formula is C15H30O4. The summed E-state index contributed by atoms with van der Waals surface area (Å²) in [5.41, 5.74) is 0. The molecule has 0 aromatic rings. The van der Waals surface area contributed by atoms with Gasteiger partial charge in [-0.15, -0.1) is 0 Å². The van der Waals surface area contributed by atoms with Crippen molar-refractivity contribution in [2.45, 2.75) is 83.8 Å². The van der Waals surface area contributed by atoms with E-state index in [0.717, 1.165) is 19.3 Å². The number of aliphatic hydroxyl groups excluding tert-OH is 1. The van der Waals surface area contributed by atoms with Crippen LogP contribution < -0.4 is 0 Å². The molecule has 4 nitrogen and oxygen atoms in total. The predicted octanol–water partition coefficient (Wildman–Crippen LogP) is 3.31. The van der Waals surface area contributed by atoms with Crippen LogP contribution in [0.1, 0.15) is 77.6 Å². The topological polar surface area (TPSA) is 77.8 Å². The van der Waals surface area contributed by atoms with E-state index in [-0.39, 0.29) is 0 Å². The zero-order valence-corrected chi connectivity index (χ0v) is 12.2. The Morgan fingerprint density at radius 3 is 1.63 bits per heavy atom. The van der Waals surface area contributed by atoms with Crippen molar-refractivity contribution >= 4 is 5.97 Å². The van der Waals surface area contributed by atoms with Gasteiger partial charge in [-0.1, -0.05) is 71.1 Å². The van der Waals surface area contributed by atoms with Gasteiger partial charge in [-0.25, -0.2) is 0 Å². The number of carboxylic acids is 1. The molecule has 0 heterocycles. The van der Waals surface area contributed by atoms with Crippen LogP contribution >= 0.6 is 0 Å². The molecule has 0 aromatic carbocycles. The number of unbranched alkanes of at least 4 members (excludes halogenated alkanes) is 9. The Morgan fingerprint density at radius 2 is 1.26 bits per heavy atom. The molecule has 19 heavy (non-hydrogen) atoms. The zero-order chi connectivity index (χ0) is 14.5. The average molecular weight is 274 g/mol. The Hall–Kier alpha value is -0.610. The summed E-state index contributed by atoms with van der Waals surface area (Å²) in [6.45, 7) is 2.22. The maximum absolute atomic E-state index is 10.7. The molecule has 0 fully saturated rings. The molecule has 0 amide bonds. The van der Waals surface area contributed by atoms with E-state index >= 15 is 0 Å². The van der Waals surface area contributed by atoms with Crippen LogP contribution in [-0.4, -0.2) is 27.6 Å². The minimum Gasteiger partial charge on any atom is -0.481 e. The third kappa shape index (κ3) is 11.0. The molecule has 0 aliphatic heterocycles. The van der Waals surface area contributed by atoms with Gasteiger partial charge >= 0.3 is 5.97 Å². The molecule has 4 heteroatoms. The van der Waals surface area contributed by atoms with Crippen molar-refractivity contribution in [3.8, 4) is 0 Å². The van der Waals surface area contributed by atoms with Gasteiger partial charge in [0.05, 0.1) is 0 Å². The maximum Gasteiger partial charge on any atom is 0.311 e. The Bertz CT molecular complexity index is 216. The normalized spacial score (nSPS) is 12.8. The van der Waals surface area contributed by atoms with Gasteiger partial charge in [0.25, 0.3) is 0 Å². The van der Waals surface area contributed by atoms with Gasteiger partial charge in [0, 0.05) is 0 Å². The molecular weight excluding hydrogens is 244 g/mol. The van der Waals surface area contributed by atoms with Gasteiger partial charge in [-0.05, 0) is 6.42 Å². The molecule has 0 spiro atoms. The second-order valence-electron chi connectivity index (χ2n) is 5.33. The van der Waals surface area contributed by atoms with E-state index in [1.54, 1.807) is 0 Å². The van der Waals surface area contributed by atoms with Crippen LogP contribution in [0.5, 0.6) is 0 Å². The van der Waals surface area contributed by atoms with Gasteiger partial charge in [0.1, 0.15) is 5.92 Å². The van der Waals surface area contributed by atoms with Gasteiger partial charge < -0.3 is 15.3 Å². The van der Waals surface area contributed by atoms with Crippen LogP contribution in [0.15, 0.2) is 0 Å². The van der Waals surface area contributed by atoms with Crippen LogP contribution in [0.25, 0.3) is 0 Å². The quantitative estimate of drug-likeness (QED) is 0.356. The lowest BCUT2D eigenvalue weighted by Crippen LogP contribution is -2.27.